The molecule has 0 aromatic carbocycles. The number of rotatable bonds is 7. The van der Waals surface area contributed by atoms with Gasteiger partial charge in [0.1, 0.15) is 5.82 Å². The maximum Gasteiger partial charge on any atom is 0.161 e. The Morgan fingerprint density at radius 3 is 2.59 bits per heavy atom. The monoisotopic (exact) mass is 318 g/mol. The highest BCUT2D eigenvalue weighted by atomic mass is 32.2. The second-order valence-electron chi connectivity index (χ2n) is 5.05. The predicted molar refractivity (Wildman–Crippen MR) is 92.1 cm³/mol. The summed E-state index contributed by atoms with van der Waals surface area (Å²) in [6.07, 6.45) is 6.32. The number of nitrogens with one attached hydrogen (secondary N) is 1. The van der Waals surface area contributed by atoms with Crippen LogP contribution < -0.4 is 5.32 Å². The molecule has 0 aliphatic carbocycles. The number of aliphatic hydroxyl groups is 1. The summed E-state index contributed by atoms with van der Waals surface area (Å²) in [4.78, 5) is 13.2. The van der Waals surface area contributed by atoms with Crippen molar-refractivity contribution in [3.05, 3.63) is 36.3 Å². The normalized spacial score (nSPS) is 13.6. The third-order valence-electron chi connectivity index (χ3n) is 3.50. The van der Waals surface area contributed by atoms with E-state index in [0.29, 0.717) is 5.82 Å². The molecule has 0 aliphatic rings. The Hall–Kier alpha value is -1.66. The van der Waals surface area contributed by atoms with Crippen molar-refractivity contribution in [1.29, 1.82) is 0 Å². The van der Waals surface area contributed by atoms with Crippen molar-refractivity contribution in [2.75, 3.05) is 18.2 Å². The first-order valence-corrected chi connectivity index (χ1v) is 8.65. The molecule has 2 aromatic rings. The summed E-state index contributed by atoms with van der Waals surface area (Å²) in [6.45, 7) is 4.26. The van der Waals surface area contributed by atoms with Gasteiger partial charge in [-0.3, -0.25) is 4.98 Å². The number of aliphatic hydroxyl groups excluding tert-OH is 1. The van der Waals surface area contributed by atoms with Crippen LogP contribution >= 0.6 is 11.8 Å². The van der Waals surface area contributed by atoms with Gasteiger partial charge in [0.15, 0.2) is 5.82 Å². The zero-order chi connectivity index (χ0) is 15.9. The first-order chi connectivity index (χ1) is 10.7. The van der Waals surface area contributed by atoms with E-state index in [1.165, 1.54) is 0 Å². The van der Waals surface area contributed by atoms with E-state index < -0.39 is 0 Å². The van der Waals surface area contributed by atoms with Crippen molar-refractivity contribution < 1.29 is 5.11 Å². The molecule has 0 amide bonds. The van der Waals surface area contributed by atoms with Gasteiger partial charge in [0.25, 0.3) is 0 Å². The lowest BCUT2D eigenvalue weighted by atomic mass is 10.2. The number of hydrogen-bond acceptors (Lipinski definition) is 6. The molecular weight excluding hydrogens is 296 g/mol. The van der Waals surface area contributed by atoms with Crippen molar-refractivity contribution in [3.8, 4) is 11.4 Å². The van der Waals surface area contributed by atoms with Crippen LogP contribution in [0.25, 0.3) is 11.4 Å². The second-order valence-corrected chi connectivity index (χ2v) is 6.12. The first kappa shape index (κ1) is 16.7. The fraction of sp³-hybridized carbons (Fsp3) is 0.438. The van der Waals surface area contributed by atoms with E-state index in [0.717, 1.165) is 23.5 Å². The minimum absolute atomic E-state index is 0.116. The van der Waals surface area contributed by atoms with Gasteiger partial charge < -0.3 is 10.4 Å². The van der Waals surface area contributed by atoms with Crippen LogP contribution in [0.2, 0.25) is 0 Å². The van der Waals surface area contributed by atoms with Gasteiger partial charge in [0.05, 0.1) is 6.61 Å². The molecule has 118 valence electrons. The van der Waals surface area contributed by atoms with Crippen molar-refractivity contribution >= 4 is 17.6 Å². The van der Waals surface area contributed by atoms with E-state index in [9.17, 15) is 5.11 Å². The molecule has 0 saturated carbocycles. The molecule has 2 rings (SSSR count). The lowest BCUT2D eigenvalue weighted by Gasteiger charge is -2.22. The third-order valence-corrected chi connectivity index (χ3v) is 4.66. The molecular formula is C16H22N4OS. The quantitative estimate of drug-likeness (QED) is 0.818. The Bertz CT molecular complexity index is 590. The SMILES string of the molecule is CCc1cc(N[C@@H](C)[C@@H](CO)SC)nc(-c2ccncc2)n1. The standard InChI is InChI=1S/C16H22N4OS/c1-4-13-9-15(18-11(2)14(10-21)22-3)20-16(19-13)12-5-7-17-8-6-12/h5-9,11,14,21H,4,10H2,1-3H3,(H,18,19,20)/t11-,14+/m0/s1. The van der Waals surface area contributed by atoms with Crippen LogP contribution in [-0.2, 0) is 6.42 Å². The van der Waals surface area contributed by atoms with E-state index in [4.69, 9.17) is 0 Å². The number of thioether (sulfide) groups is 1. The first-order valence-electron chi connectivity index (χ1n) is 7.36. The van der Waals surface area contributed by atoms with Crippen molar-refractivity contribution in [2.45, 2.75) is 31.6 Å². The zero-order valence-electron chi connectivity index (χ0n) is 13.2. The molecule has 0 fully saturated rings. The van der Waals surface area contributed by atoms with Gasteiger partial charge in [-0.2, -0.15) is 11.8 Å². The molecule has 2 heterocycles. The number of nitrogens with zero attached hydrogens (tertiary/aromatic N) is 3. The summed E-state index contributed by atoms with van der Waals surface area (Å²) in [7, 11) is 0. The second kappa shape index (κ2) is 8.10. The Balaban J connectivity index is 2.28. The number of aromatic nitrogens is 3. The zero-order valence-corrected chi connectivity index (χ0v) is 14.0. The third kappa shape index (κ3) is 4.18. The molecule has 0 bridgehead atoms. The van der Waals surface area contributed by atoms with E-state index in [1.807, 2.05) is 24.5 Å². The van der Waals surface area contributed by atoms with Crippen LogP contribution in [0.4, 0.5) is 5.82 Å². The Morgan fingerprint density at radius 1 is 1.27 bits per heavy atom. The van der Waals surface area contributed by atoms with Crippen LogP contribution in [0.3, 0.4) is 0 Å². The maximum atomic E-state index is 9.41. The summed E-state index contributed by atoms with van der Waals surface area (Å²) in [5, 5.41) is 12.9. The highest BCUT2D eigenvalue weighted by Gasteiger charge is 2.16. The molecule has 5 nitrogen and oxygen atoms in total. The Morgan fingerprint density at radius 2 is 2.00 bits per heavy atom. The molecule has 22 heavy (non-hydrogen) atoms. The van der Waals surface area contributed by atoms with Gasteiger partial charge in [0.2, 0.25) is 0 Å². The number of pyridine rings is 1. The van der Waals surface area contributed by atoms with Crippen LogP contribution in [0.5, 0.6) is 0 Å². The highest BCUT2D eigenvalue weighted by Crippen LogP contribution is 2.20. The molecule has 0 unspecified atom stereocenters. The molecule has 2 aromatic heterocycles. The van der Waals surface area contributed by atoms with Gasteiger partial charge in [0, 0.05) is 41.0 Å². The molecule has 6 heteroatoms. The van der Waals surface area contributed by atoms with Crippen LogP contribution in [-0.4, -0.2) is 44.2 Å². The highest BCUT2D eigenvalue weighted by molar-refractivity contribution is 7.99. The van der Waals surface area contributed by atoms with E-state index in [2.05, 4.69) is 34.1 Å². The number of hydrogen-bond donors (Lipinski definition) is 2. The van der Waals surface area contributed by atoms with E-state index in [-0.39, 0.29) is 17.9 Å². The smallest absolute Gasteiger partial charge is 0.161 e. The minimum Gasteiger partial charge on any atom is -0.395 e. The summed E-state index contributed by atoms with van der Waals surface area (Å²) in [5.41, 5.74) is 1.94. The Labute approximate surface area is 135 Å². The average molecular weight is 318 g/mol. The van der Waals surface area contributed by atoms with E-state index >= 15 is 0 Å². The topological polar surface area (TPSA) is 70.9 Å². The maximum absolute atomic E-state index is 9.41. The average Bonchev–Trinajstić information content (AvgIpc) is 2.56. The van der Waals surface area contributed by atoms with Gasteiger partial charge in [-0.15, -0.1) is 0 Å². The molecule has 0 aliphatic heterocycles. The summed E-state index contributed by atoms with van der Waals surface area (Å²) >= 11 is 1.64. The summed E-state index contributed by atoms with van der Waals surface area (Å²) in [5.74, 6) is 1.49. The van der Waals surface area contributed by atoms with Crippen molar-refractivity contribution in [3.63, 3.8) is 0 Å². The van der Waals surface area contributed by atoms with Gasteiger partial charge in [-0.05, 0) is 31.7 Å². The minimum atomic E-state index is 0.116. The van der Waals surface area contributed by atoms with Crippen LogP contribution in [0.15, 0.2) is 30.6 Å². The van der Waals surface area contributed by atoms with E-state index in [1.54, 1.807) is 24.2 Å². The predicted octanol–water partition coefficient (Wildman–Crippen LogP) is 2.63. The van der Waals surface area contributed by atoms with Gasteiger partial charge in [-0.25, -0.2) is 9.97 Å². The van der Waals surface area contributed by atoms with Crippen LogP contribution in [0, 0.1) is 0 Å². The number of anilines is 1. The van der Waals surface area contributed by atoms with Gasteiger partial charge >= 0.3 is 0 Å². The largest absolute Gasteiger partial charge is 0.395 e. The fourth-order valence-corrected chi connectivity index (χ4v) is 2.77. The molecule has 0 saturated heterocycles. The molecule has 2 N–H and O–H groups in total. The molecule has 0 spiro atoms. The van der Waals surface area contributed by atoms with Crippen molar-refractivity contribution in [2.24, 2.45) is 0 Å². The van der Waals surface area contributed by atoms with Crippen LogP contribution in [0.1, 0.15) is 19.5 Å². The fourth-order valence-electron chi connectivity index (χ4n) is 2.15. The lowest BCUT2D eigenvalue weighted by Crippen LogP contribution is -2.31. The Kier molecular flexibility index (Phi) is 6.15. The lowest BCUT2D eigenvalue weighted by molar-refractivity contribution is 0.288. The number of aryl methyl sites for hydroxylation is 1. The summed E-state index contributed by atoms with van der Waals surface area (Å²) < 4.78 is 0. The summed E-state index contributed by atoms with van der Waals surface area (Å²) in [6, 6.07) is 5.89. The molecule has 2 atom stereocenters. The van der Waals surface area contributed by atoms with Crippen molar-refractivity contribution in [1.82, 2.24) is 15.0 Å². The molecule has 0 radical (unpaired) electrons. The van der Waals surface area contributed by atoms with Gasteiger partial charge in [-0.1, -0.05) is 6.92 Å².